The Bertz CT molecular complexity index is 849. The lowest BCUT2D eigenvalue weighted by atomic mass is 10.2. The summed E-state index contributed by atoms with van der Waals surface area (Å²) in [6, 6.07) is 14.5. The third kappa shape index (κ3) is 5.47. The number of nitrogens with zero attached hydrogens (tertiary/aromatic N) is 1. The maximum absolute atomic E-state index is 11.7. The molecule has 7 nitrogen and oxygen atoms in total. The van der Waals surface area contributed by atoms with Gasteiger partial charge in [0.1, 0.15) is 5.75 Å². The summed E-state index contributed by atoms with van der Waals surface area (Å²) in [5.41, 5.74) is 2.03. The van der Waals surface area contributed by atoms with Gasteiger partial charge in [-0.05, 0) is 42.4 Å². The van der Waals surface area contributed by atoms with Crippen LogP contribution < -0.4 is 20.1 Å². The van der Waals surface area contributed by atoms with Crippen LogP contribution in [-0.2, 0) is 23.1 Å². The monoisotopic (exact) mass is 376 g/mol. The highest BCUT2D eigenvalue weighted by Crippen LogP contribution is 2.12. The Morgan fingerprint density at radius 3 is 2.27 bits per heavy atom. The van der Waals surface area contributed by atoms with E-state index < -0.39 is 10.0 Å². The number of benzene rings is 2. The first-order valence-electron chi connectivity index (χ1n) is 8.08. The molecule has 0 aliphatic carbocycles. The molecule has 0 amide bonds. The van der Waals surface area contributed by atoms with Crippen LogP contribution in [0.1, 0.15) is 11.1 Å². The maximum Gasteiger partial charge on any atom is 0.240 e. The first kappa shape index (κ1) is 19.7. The summed E-state index contributed by atoms with van der Waals surface area (Å²) in [5, 5.41) is 6.43. The second-order valence-electron chi connectivity index (χ2n) is 5.48. The number of guanidine groups is 1. The Hall–Kier alpha value is -2.58. The molecular weight excluding hydrogens is 352 g/mol. The van der Waals surface area contributed by atoms with Crippen molar-refractivity contribution in [3.63, 3.8) is 0 Å². The van der Waals surface area contributed by atoms with E-state index in [4.69, 9.17) is 4.74 Å². The van der Waals surface area contributed by atoms with Crippen molar-refractivity contribution in [2.45, 2.75) is 18.0 Å². The minimum absolute atomic E-state index is 0.240. The fraction of sp³-hybridized carbons (Fsp3) is 0.278. The van der Waals surface area contributed by atoms with Crippen molar-refractivity contribution in [2.24, 2.45) is 4.99 Å². The van der Waals surface area contributed by atoms with Crippen molar-refractivity contribution in [1.29, 1.82) is 0 Å². The standard InChI is InChI=1S/C18H24N4O3S/c1-19-18(22-13-15-5-4-6-16(11-15)25-3)21-12-14-7-9-17(10-8-14)26(23,24)20-2/h4-11,20H,12-13H2,1-3H3,(H2,19,21,22). The van der Waals surface area contributed by atoms with E-state index in [2.05, 4.69) is 20.3 Å². The summed E-state index contributed by atoms with van der Waals surface area (Å²) in [6.45, 7) is 1.13. The lowest BCUT2D eigenvalue weighted by molar-refractivity contribution is 0.414. The number of sulfonamides is 1. The van der Waals surface area contributed by atoms with Gasteiger partial charge < -0.3 is 15.4 Å². The highest BCUT2D eigenvalue weighted by molar-refractivity contribution is 7.89. The molecule has 26 heavy (non-hydrogen) atoms. The van der Waals surface area contributed by atoms with E-state index in [1.165, 1.54) is 7.05 Å². The third-order valence-corrected chi connectivity index (χ3v) is 5.21. The van der Waals surface area contributed by atoms with Crippen LogP contribution in [0.5, 0.6) is 5.75 Å². The average molecular weight is 376 g/mol. The largest absolute Gasteiger partial charge is 0.497 e. The fourth-order valence-corrected chi connectivity index (χ4v) is 3.01. The Morgan fingerprint density at radius 1 is 1.04 bits per heavy atom. The molecule has 0 spiro atoms. The highest BCUT2D eigenvalue weighted by Gasteiger charge is 2.10. The molecule has 0 heterocycles. The van der Waals surface area contributed by atoms with E-state index in [0.29, 0.717) is 19.0 Å². The molecule has 2 rings (SSSR count). The van der Waals surface area contributed by atoms with Crippen molar-refractivity contribution >= 4 is 16.0 Å². The van der Waals surface area contributed by atoms with E-state index in [-0.39, 0.29) is 4.90 Å². The van der Waals surface area contributed by atoms with Gasteiger partial charge in [0.05, 0.1) is 12.0 Å². The van der Waals surface area contributed by atoms with Crippen LogP contribution in [0.3, 0.4) is 0 Å². The zero-order chi connectivity index (χ0) is 19.0. The summed E-state index contributed by atoms with van der Waals surface area (Å²) in [5.74, 6) is 1.46. The Balaban J connectivity index is 1.90. The van der Waals surface area contributed by atoms with Crippen LogP contribution in [0.15, 0.2) is 58.4 Å². The molecular formula is C18H24N4O3S. The Labute approximate surface area is 154 Å². The van der Waals surface area contributed by atoms with Crippen molar-refractivity contribution < 1.29 is 13.2 Å². The fourth-order valence-electron chi connectivity index (χ4n) is 2.28. The van der Waals surface area contributed by atoms with Crippen molar-refractivity contribution in [1.82, 2.24) is 15.4 Å². The summed E-state index contributed by atoms with van der Waals surface area (Å²) < 4.78 is 31.0. The second-order valence-corrected chi connectivity index (χ2v) is 7.37. The molecule has 0 atom stereocenters. The summed E-state index contributed by atoms with van der Waals surface area (Å²) in [6.07, 6.45) is 0. The van der Waals surface area contributed by atoms with Crippen molar-refractivity contribution in [3.8, 4) is 5.75 Å². The highest BCUT2D eigenvalue weighted by atomic mass is 32.2. The first-order chi connectivity index (χ1) is 12.5. The van der Waals surface area contributed by atoms with Crippen molar-refractivity contribution in [2.75, 3.05) is 21.2 Å². The molecule has 0 fully saturated rings. The van der Waals surface area contributed by atoms with Gasteiger partial charge in [-0.3, -0.25) is 4.99 Å². The van der Waals surface area contributed by atoms with E-state index in [0.717, 1.165) is 16.9 Å². The predicted octanol–water partition coefficient (Wildman–Crippen LogP) is 1.47. The SMILES string of the molecule is CN=C(NCc1ccc(S(=O)(=O)NC)cc1)NCc1cccc(OC)c1. The molecule has 0 saturated heterocycles. The Morgan fingerprint density at radius 2 is 1.69 bits per heavy atom. The zero-order valence-electron chi connectivity index (χ0n) is 15.1. The third-order valence-electron chi connectivity index (χ3n) is 3.78. The van der Waals surface area contributed by atoms with Gasteiger partial charge >= 0.3 is 0 Å². The molecule has 0 aliphatic heterocycles. The number of hydrogen-bond donors (Lipinski definition) is 3. The van der Waals surface area contributed by atoms with Gasteiger partial charge in [-0.15, -0.1) is 0 Å². The van der Waals surface area contributed by atoms with E-state index in [1.807, 2.05) is 24.3 Å². The molecule has 2 aromatic rings. The molecule has 0 bridgehead atoms. The number of methoxy groups -OCH3 is 1. The van der Waals surface area contributed by atoms with E-state index >= 15 is 0 Å². The van der Waals surface area contributed by atoms with Gasteiger partial charge in [0, 0.05) is 20.1 Å². The summed E-state index contributed by atoms with van der Waals surface area (Å²) >= 11 is 0. The van der Waals surface area contributed by atoms with Crippen LogP contribution in [0.2, 0.25) is 0 Å². The average Bonchev–Trinajstić information content (AvgIpc) is 2.68. The normalized spacial score (nSPS) is 11.9. The smallest absolute Gasteiger partial charge is 0.240 e. The van der Waals surface area contributed by atoms with Gasteiger partial charge in [0.2, 0.25) is 10.0 Å². The zero-order valence-corrected chi connectivity index (χ0v) is 15.9. The van der Waals surface area contributed by atoms with Crippen LogP contribution in [-0.4, -0.2) is 35.6 Å². The van der Waals surface area contributed by atoms with Gasteiger partial charge in [0.15, 0.2) is 5.96 Å². The number of aliphatic imine (C=N–C) groups is 1. The molecule has 0 aromatic heterocycles. The minimum Gasteiger partial charge on any atom is -0.497 e. The van der Waals surface area contributed by atoms with Crippen LogP contribution in [0.25, 0.3) is 0 Å². The second kappa shape index (κ2) is 9.21. The predicted molar refractivity (Wildman–Crippen MR) is 103 cm³/mol. The number of hydrogen-bond acceptors (Lipinski definition) is 4. The molecule has 0 unspecified atom stereocenters. The lowest BCUT2D eigenvalue weighted by Gasteiger charge is -2.13. The minimum atomic E-state index is -3.41. The van der Waals surface area contributed by atoms with Gasteiger partial charge in [0.25, 0.3) is 0 Å². The van der Waals surface area contributed by atoms with Gasteiger partial charge in [-0.2, -0.15) is 0 Å². The topological polar surface area (TPSA) is 91.8 Å². The van der Waals surface area contributed by atoms with E-state index in [1.54, 1.807) is 38.4 Å². The van der Waals surface area contributed by atoms with Crippen LogP contribution >= 0.6 is 0 Å². The van der Waals surface area contributed by atoms with Gasteiger partial charge in [-0.1, -0.05) is 24.3 Å². The Kier molecular flexibility index (Phi) is 6.99. The van der Waals surface area contributed by atoms with Crippen molar-refractivity contribution in [3.05, 3.63) is 59.7 Å². The van der Waals surface area contributed by atoms with E-state index in [9.17, 15) is 8.42 Å². The van der Waals surface area contributed by atoms with Gasteiger partial charge in [-0.25, -0.2) is 13.1 Å². The number of rotatable bonds is 7. The molecule has 0 radical (unpaired) electrons. The lowest BCUT2D eigenvalue weighted by Crippen LogP contribution is -2.36. The first-order valence-corrected chi connectivity index (χ1v) is 9.56. The molecule has 2 aromatic carbocycles. The molecule has 3 N–H and O–H groups in total. The number of ether oxygens (including phenoxy) is 1. The summed E-state index contributed by atoms with van der Waals surface area (Å²) in [4.78, 5) is 4.43. The maximum atomic E-state index is 11.7. The number of nitrogens with one attached hydrogen (secondary N) is 3. The quantitative estimate of drug-likeness (QED) is 0.503. The van der Waals surface area contributed by atoms with Crippen LogP contribution in [0.4, 0.5) is 0 Å². The molecule has 8 heteroatoms. The molecule has 0 saturated carbocycles. The van der Waals surface area contributed by atoms with Crippen LogP contribution in [0, 0.1) is 0 Å². The molecule has 0 aliphatic rings. The summed E-state index contributed by atoms with van der Waals surface area (Å²) in [7, 11) is 1.32. The molecule has 140 valence electrons.